The molecule has 0 aliphatic heterocycles. The van der Waals surface area contributed by atoms with Crippen LogP contribution in [0.5, 0.6) is 0 Å². The molecule has 1 aromatic rings. The minimum atomic E-state index is -0.611. The highest BCUT2D eigenvalue weighted by Gasteiger charge is 2.16. The van der Waals surface area contributed by atoms with Crippen molar-refractivity contribution in [1.29, 1.82) is 0 Å². The second-order valence-electron chi connectivity index (χ2n) is 6.03. The van der Waals surface area contributed by atoms with Crippen LogP contribution in [0.15, 0.2) is 30.3 Å². The summed E-state index contributed by atoms with van der Waals surface area (Å²) < 4.78 is 5.11. The number of amides is 2. The zero-order valence-electron chi connectivity index (χ0n) is 13.4. The maximum absolute atomic E-state index is 11.9. The number of carbonyl (C=O) groups is 2. The predicted octanol–water partition coefficient (Wildman–Crippen LogP) is 2.26. The average molecular weight is 307 g/mol. The summed E-state index contributed by atoms with van der Waals surface area (Å²) in [5.74, 6) is -0.233. The number of carbonyl (C=O) groups excluding carboxylic acids is 2. The van der Waals surface area contributed by atoms with E-state index in [1.807, 2.05) is 18.2 Å². The molecule has 1 aromatic carbocycles. The Labute approximate surface area is 131 Å². The first-order valence-corrected chi connectivity index (χ1v) is 7.36. The van der Waals surface area contributed by atoms with Crippen molar-refractivity contribution in [3.05, 3.63) is 30.3 Å². The third-order valence-corrected chi connectivity index (χ3v) is 2.74. The topological polar surface area (TPSA) is 93.4 Å². The number of rotatable bonds is 6. The van der Waals surface area contributed by atoms with Crippen molar-refractivity contribution >= 4 is 17.7 Å². The van der Waals surface area contributed by atoms with Gasteiger partial charge in [0.25, 0.3) is 0 Å². The number of ether oxygens (including phenoxy) is 1. The molecule has 0 fully saturated rings. The van der Waals surface area contributed by atoms with Gasteiger partial charge in [0.05, 0.1) is 6.04 Å². The Morgan fingerprint density at radius 1 is 1.23 bits per heavy atom. The van der Waals surface area contributed by atoms with Crippen LogP contribution < -0.4 is 16.4 Å². The predicted molar refractivity (Wildman–Crippen MR) is 86.5 cm³/mol. The molecule has 0 heterocycles. The van der Waals surface area contributed by atoms with Crippen LogP contribution in [-0.4, -0.2) is 30.2 Å². The third kappa shape index (κ3) is 7.64. The van der Waals surface area contributed by atoms with Crippen molar-refractivity contribution in [2.75, 3.05) is 11.9 Å². The zero-order valence-corrected chi connectivity index (χ0v) is 13.4. The van der Waals surface area contributed by atoms with Gasteiger partial charge in [0.15, 0.2) is 0 Å². The van der Waals surface area contributed by atoms with Crippen LogP contribution in [0, 0.1) is 0 Å². The molecule has 1 atom stereocenters. The molecule has 4 N–H and O–H groups in total. The third-order valence-electron chi connectivity index (χ3n) is 2.74. The fourth-order valence-corrected chi connectivity index (χ4v) is 1.71. The van der Waals surface area contributed by atoms with Crippen LogP contribution in [-0.2, 0) is 9.53 Å². The van der Waals surface area contributed by atoms with Gasteiger partial charge in [-0.25, -0.2) is 4.79 Å². The largest absolute Gasteiger partial charge is 0.444 e. The van der Waals surface area contributed by atoms with Crippen molar-refractivity contribution in [3.63, 3.8) is 0 Å². The zero-order chi connectivity index (χ0) is 16.6. The second kappa shape index (κ2) is 8.38. The van der Waals surface area contributed by atoms with Gasteiger partial charge in [0.2, 0.25) is 5.91 Å². The number of benzene rings is 1. The molecule has 122 valence electrons. The Balaban J connectivity index is 2.21. The Hall–Kier alpha value is -2.08. The molecule has 22 heavy (non-hydrogen) atoms. The van der Waals surface area contributed by atoms with Gasteiger partial charge in [-0.2, -0.15) is 0 Å². The first-order chi connectivity index (χ1) is 10.3. The van der Waals surface area contributed by atoms with Crippen LogP contribution in [0.3, 0.4) is 0 Å². The maximum atomic E-state index is 11.9. The lowest BCUT2D eigenvalue weighted by Gasteiger charge is -2.19. The van der Waals surface area contributed by atoms with Crippen molar-refractivity contribution in [3.8, 4) is 0 Å². The van der Waals surface area contributed by atoms with Crippen LogP contribution in [0.1, 0.15) is 33.6 Å². The molecule has 6 nitrogen and oxygen atoms in total. The standard InChI is InChI=1S/C16H25N3O3/c1-16(2,3)22-15(21)18-11-7-10-13(17)14(20)19-12-8-5-4-6-9-12/h4-6,8-9,13H,7,10-11,17H2,1-3H3,(H,18,21)(H,19,20). The minimum absolute atomic E-state index is 0.233. The van der Waals surface area contributed by atoms with Gasteiger partial charge in [-0.3, -0.25) is 4.79 Å². The van der Waals surface area contributed by atoms with E-state index in [-0.39, 0.29) is 5.91 Å². The molecule has 6 heteroatoms. The number of alkyl carbamates (subject to hydrolysis) is 1. The minimum Gasteiger partial charge on any atom is -0.444 e. The van der Waals surface area contributed by atoms with Gasteiger partial charge < -0.3 is 21.1 Å². The lowest BCUT2D eigenvalue weighted by atomic mass is 10.1. The highest BCUT2D eigenvalue weighted by Crippen LogP contribution is 2.07. The van der Waals surface area contributed by atoms with E-state index >= 15 is 0 Å². The van der Waals surface area contributed by atoms with Crippen LogP contribution in [0.25, 0.3) is 0 Å². The Kier molecular flexibility index (Phi) is 6.85. The van der Waals surface area contributed by atoms with Crippen LogP contribution in [0.2, 0.25) is 0 Å². The number of hydrogen-bond donors (Lipinski definition) is 3. The molecule has 0 saturated heterocycles. The number of hydrogen-bond acceptors (Lipinski definition) is 4. The number of anilines is 1. The van der Waals surface area contributed by atoms with E-state index in [0.29, 0.717) is 19.4 Å². The Bertz CT molecular complexity index is 483. The summed E-state index contributed by atoms with van der Waals surface area (Å²) in [7, 11) is 0. The van der Waals surface area contributed by atoms with Gasteiger partial charge in [0, 0.05) is 12.2 Å². The molecule has 0 spiro atoms. The van der Waals surface area contributed by atoms with E-state index in [1.165, 1.54) is 0 Å². The van der Waals surface area contributed by atoms with E-state index < -0.39 is 17.7 Å². The first kappa shape index (κ1) is 18.0. The smallest absolute Gasteiger partial charge is 0.407 e. The van der Waals surface area contributed by atoms with Gasteiger partial charge in [-0.1, -0.05) is 18.2 Å². The Morgan fingerprint density at radius 3 is 2.45 bits per heavy atom. The van der Waals surface area contributed by atoms with Crippen molar-refractivity contribution in [2.24, 2.45) is 5.73 Å². The van der Waals surface area contributed by atoms with E-state index in [1.54, 1.807) is 32.9 Å². The van der Waals surface area contributed by atoms with E-state index in [2.05, 4.69) is 10.6 Å². The van der Waals surface area contributed by atoms with Gasteiger partial charge >= 0.3 is 6.09 Å². The molecule has 1 rings (SSSR count). The lowest BCUT2D eigenvalue weighted by Crippen LogP contribution is -2.37. The highest BCUT2D eigenvalue weighted by molar-refractivity contribution is 5.94. The fourth-order valence-electron chi connectivity index (χ4n) is 1.71. The summed E-state index contributed by atoms with van der Waals surface area (Å²) in [5, 5.41) is 5.38. The molecule has 0 saturated carbocycles. The lowest BCUT2D eigenvalue weighted by molar-refractivity contribution is -0.117. The molecule has 2 amide bonds. The molecular formula is C16H25N3O3. The number of nitrogens with one attached hydrogen (secondary N) is 2. The quantitative estimate of drug-likeness (QED) is 0.703. The summed E-state index contributed by atoms with van der Waals surface area (Å²) in [5.41, 5.74) is 6.03. The normalized spacial score (nSPS) is 12.4. The van der Waals surface area contributed by atoms with E-state index in [0.717, 1.165) is 5.69 Å². The van der Waals surface area contributed by atoms with Crippen molar-refractivity contribution in [1.82, 2.24) is 5.32 Å². The molecule has 1 unspecified atom stereocenters. The Morgan fingerprint density at radius 2 is 1.86 bits per heavy atom. The second-order valence-corrected chi connectivity index (χ2v) is 6.03. The van der Waals surface area contributed by atoms with Crippen molar-refractivity contribution in [2.45, 2.75) is 45.3 Å². The maximum Gasteiger partial charge on any atom is 0.407 e. The summed E-state index contributed by atoms with van der Waals surface area (Å²) in [4.78, 5) is 23.3. The summed E-state index contributed by atoms with van der Waals surface area (Å²) in [6, 6.07) is 8.54. The SMILES string of the molecule is CC(C)(C)OC(=O)NCCCC(N)C(=O)Nc1ccccc1. The van der Waals surface area contributed by atoms with Crippen molar-refractivity contribution < 1.29 is 14.3 Å². The number of nitrogens with two attached hydrogens (primary N) is 1. The summed E-state index contributed by atoms with van der Waals surface area (Å²) in [6.45, 7) is 5.82. The van der Waals surface area contributed by atoms with E-state index in [9.17, 15) is 9.59 Å². The first-order valence-electron chi connectivity index (χ1n) is 7.36. The molecule has 0 bridgehead atoms. The summed E-state index contributed by atoms with van der Waals surface area (Å²) in [6.07, 6.45) is 0.617. The van der Waals surface area contributed by atoms with Crippen LogP contribution >= 0.6 is 0 Å². The highest BCUT2D eigenvalue weighted by atomic mass is 16.6. The van der Waals surface area contributed by atoms with Gasteiger partial charge in [-0.05, 0) is 45.7 Å². The molecule has 0 aliphatic rings. The molecule has 0 aliphatic carbocycles. The average Bonchev–Trinajstić information content (AvgIpc) is 2.42. The van der Waals surface area contributed by atoms with Gasteiger partial charge in [-0.15, -0.1) is 0 Å². The molecular weight excluding hydrogens is 282 g/mol. The number of para-hydroxylation sites is 1. The van der Waals surface area contributed by atoms with Crippen LogP contribution in [0.4, 0.5) is 10.5 Å². The molecule has 0 aromatic heterocycles. The molecule has 0 radical (unpaired) electrons. The monoisotopic (exact) mass is 307 g/mol. The van der Waals surface area contributed by atoms with E-state index in [4.69, 9.17) is 10.5 Å². The van der Waals surface area contributed by atoms with Gasteiger partial charge in [0.1, 0.15) is 5.60 Å². The summed E-state index contributed by atoms with van der Waals surface area (Å²) >= 11 is 0. The fraction of sp³-hybridized carbons (Fsp3) is 0.500.